The molecule has 0 radical (unpaired) electrons. The summed E-state index contributed by atoms with van der Waals surface area (Å²) in [6.45, 7) is 4.00. The zero-order valence-corrected chi connectivity index (χ0v) is 6.87. The van der Waals surface area contributed by atoms with Gasteiger partial charge < -0.3 is 5.73 Å². The summed E-state index contributed by atoms with van der Waals surface area (Å²) in [5.74, 6) is -0.414. The lowest BCUT2D eigenvalue weighted by atomic mass is 9.76. The molecular formula is C9H13NO. The van der Waals surface area contributed by atoms with Crippen LogP contribution in [0, 0.1) is 11.3 Å². The summed E-state index contributed by atoms with van der Waals surface area (Å²) in [5.41, 5.74) is 5.09. The molecule has 2 N–H and O–H groups in total. The first kappa shape index (κ1) is 8.05. The third kappa shape index (κ3) is 1.50. The fourth-order valence-corrected chi connectivity index (χ4v) is 1.29. The molecule has 0 saturated carbocycles. The summed E-state index contributed by atoms with van der Waals surface area (Å²) in [4.78, 5) is 10.9. The van der Waals surface area contributed by atoms with Crippen molar-refractivity contribution in [3.05, 3.63) is 24.3 Å². The van der Waals surface area contributed by atoms with E-state index in [2.05, 4.69) is 0 Å². The second-order valence-corrected chi connectivity index (χ2v) is 3.45. The maximum Gasteiger partial charge on any atom is 0.225 e. The van der Waals surface area contributed by atoms with Crippen molar-refractivity contribution in [2.24, 2.45) is 17.1 Å². The molecule has 0 aromatic heterocycles. The van der Waals surface area contributed by atoms with Crippen LogP contribution in [0.3, 0.4) is 0 Å². The maximum atomic E-state index is 10.9. The first-order valence-electron chi connectivity index (χ1n) is 3.69. The van der Waals surface area contributed by atoms with Gasteiger partial charge in [0.05, 0.1) is 5.92 Å². The standard InChI is InChI=1S/C9H13NO/c1-9(2)6-4-3-5-7(9)8(10)11/h3-7H,1-2H3,(H2,10,11). The molecule has 60 valence electrons. The Labute approximate surface area is 66.8 Å². The van der Waals surface area contributed by atoms with Crippen LogP contribution in [0.25, 0.3) is 0 Å². The van der Waals surface area contributed by atoms with Crippen LogP contribution in [0.5, 0.6) is 0 Å². The molecule has 0 bridgehead atoms. The predicted octanol–water partition coefficient (Wildman–Crippen LogP) is 1.24. The molecule has 2 nitrogen and oxygen atoms in total. The largest absolute Gasteiger partial charge is 0.369 e. The van der Waals surface area contributed by atoms with Crippen molar-refractivity contribution in [3.8, 4) is 0 Å². The van der Waals surface area contributed by atoms with Gasteiger partial charge in [-0.1, -0.05) is 38.2 Å². The lowest BCUT2D eigenvalue weighted by Crippen LogP contribution is -2.33. The Bertz CT molecular complexity index is 226. The van der Waals surface area contributed by atoms with Crippen LogP contribution in [0.1, 0.15) is 13.8 Å². The number of rotatable bonds is 1. The molecule has 0 aromatic carbocycles. The quantitative estimate of drug-likeness (QED) is 0.602. The number of hydrogen-bond donors (Lipinski definition) is 1. The molecule has 0 aromatic rings. The molecule has 0 heterocycles. The molecule has 11 heavy (non-hydrogen) atoms. The lowest BCUT2D eigenvalue weighted by molar-refractivity contribution is -0.122. The highest BCUT2D eigenvalue weighted by atomic mass is 16.1. The fourth-order valence-electron chi connectivity index (χ4n) is 1.29. The van der Waals surface area contributed by atoms with E-state index in [1.54, 1.807) is 0 Å². The van der Waals surface area contributed by atoms with Crippen LogP contribution in [-0.2, 0) is 4.79 Å². The van der Waals surface area contributed by atoms with E-state index in [-0.39, 0.29) is 17.2 Å². The molecule has 1 aliphatic carbocycles. The van der Waals surface area contributed by atoms with Crippen LogP contribution >= 0.6 is 0 Å². The lowest BCUT2D eigenvalue weighted by Gasteiger charge is -2.28. The summed E-state index contributed by atoms with van der Waals surface area (Å²) in [6.07, 6.45) is 7.66. The fraction of sp³-hybridized carbons (Fsp3) is 0.444. The van der Waals surface area contributed by atoms with Gasteiger partial charge in [0, 0.05) is 0 Å². The Morgan fingerprint density at radius 2 is 2.09 bits per heavy atom. The number of hydrogen-bond acceptors (Lipinski definition) is 1. The zero-order valence-electron chi connectivity index (χ0n) is 6.87. The van der Waals surface area contributed by atoms with Crippen molar-refractivity contribution in [3.63, 3.8) is 0 Å². The van der Waals surface area contributed by atoms with Crippen molar-refractivity contribution in [2.75, 3.05) is 0 Å². The summed E-state index contributed by atoms with van der Waals surface area (Å²) in [6, 6.07) is 0. The number of amides is 1. The van der Waals surface area contributed by atoms with Crippen LogP contribution < -0.4 is 5.73 Å². The molecule has 1 atom stereocenters. The third-order valence-electron chi connectivity index (χ3n) is 2.05. The Kier molecular flexibility index (Phi) is 1.85. The van der Waals surface area contributed by atoms with E-state index in [4.69, 9.17) is 5.73 Å². The number of primary amides is 1. The number of allylic oxidation sites excluding steroid dienone is 3. The van der Waals surface area contributed by atoms with Gasteiger partial charge in [-0.05, 0) is 5.41 Å². The number of carbonyl (C=O) groups is 1. The summed E-state index contributed by atoms with van der Waals surface area (Å²) in [7, 11) is 0. The highest BCUT2D eigenvalue weighted by Crippen LogP contribution is 2.31. The van der Waals surface area contributed by atoms with Gasteiger partial charge in [0.15, 0.2) is 0 Å². The summed E-state index contributed by atoms with van der Waals surface area (Å²) >= 11 is 0. The Morgan fingerprint density at radius 3 is 2.45 bits per heavy atom. The van der Waals surface area contributed by atoms with E-state index < -0.39 is 0 Å². The molecule has 1 amide bonds. The van der Waals surface area contributed by atoms with E-state index in [0.717, 1.165) is 0 Å². The second kappa shape index (κ2) is 2.53. The third-order valence-corrected chi connectivity index (χ3v) is 2.05. The van der Waals surface area contributed by atoms with E-state index in [1.165, 1.54) is 0 Å². The first-order valence-corrected chi connectivity index (χ1v) is 3.69. The van der Waals surface area contributed by atoms with Crippen molar-refractivity contribution >= 4 is 5.91 Å². The minimum Gasteiger partial charge on any atom is -0.369 e. The van der Waals surface area contributed by atoms with E-state index >= 15 is 0 Å². The Morgan fingerprint density at radius 1 is 1.45 bits per heavy atom. The van der Waals surface area contributed by atoms with Gasteiger partial charge in [-0.15, -0.1) is 0 Å². The minimum absolute atomic E-state index is 0.124. The summed E-state index contributed by atoms with van der Waals surface area (Å²) in [5, 5.41) is 0. The maximum absolute atomic E-state index is 10.9. The topological polar surface area (TPSA) is 43.1 Å². The molecule has 0 spiro atoms. The second-order valence-electron chi connectivity index (χ2n) is 3.45. The zero-order chi connectivity index (χ0) is 8.48. The molecule has 0 saturated heterocycles. The smallest absolute Gasteiger partial charge is 0.225 e. The van der Waals surface area contributed by atoms with Crippen molar-refractivity contribution in [1.82, 2.24) is 0 Å². The van der Waals surface area contributed by atoms with Crippen LogP contribution in [-0.4, -0.2) is 5.91 Å². The van der Waals surface area contributed by atoms with Gasteiger partial charge >= 0.3 is 0 Å². The molecule has 0 aliphatic heterocycles. The first-order chi connectivity index (χ1) is 5.04. The van der Waals surface area contributed by atoms with Gasteiger partial charge in [0.2, 0.25) is 5.91 Å². The molecular weight excluding hydrogens is 138 g/mol. The Balaban J connectivity index is 2.89. The van der Waals surface area contributed by atoms with E-state index in [9.17, 15) is 4.79 Å². The molecule has 1 unspecified atom stereocenters. The highest BCUT2D eigenvalue weighted by molar-refractivity contribution is 5.80. The monoisotopic (exact) mass is 151 g/mol. The SMILES string of the molecule is CC1(C)C=CC=CC1C(N)=O. The predicted molar refractivity (Wildman–Crippen MR) is 44.7 cm³/mol. The normalized spacial score (nSPS) is 26.9. The molecule has 1 rings (SSSR count). The number of carbonyl (C=O) groups excluding carboxylic acids is 1. The highest BCUT2D eigenvalue weighted by Gasteiger charge is 2.30. The average molecular weight is 151 g/mol. The van der Waals surface area contributed by atoms with Gasteiger partial charge in [0.25, 0.3) is 0 Å². The number of nitrogens with two attached hydrogens (primary N) is 1. The molecule has 0 fully saturated rings. The van der Waals surface area contributed by atoms with Gasteiger partial charge in [-0.3, -0.25) is 4.79 Å². The average Bonchev–Trinajstić information content (AvgIpc) is 1.85. The Hall–Kier alpha value is -1.05. The van der Waals surface area contributed by atoms with Crippen LogP contribution in [0.15, 0.2) is 24.3 Å². The molecule has 1 aliphatic rings. The van der Waals surface area contributed by atoms with Gasteiger partial charge in [-0.2, -0.15) is 0 Å². The van der Waals surface area contributed by atoms with Gasteiger partial charge in [0.1, 0.15) is 0 Å². The van der Waals surface area contributed by atoms with Crippen molar-refractivity contribution in [2.45, 2.75) is 13.8 Å². The minimum atomic E-state index is -0.254. The van der Waals surface area contributed by atoms with Crippen LogP contribution in [0.2, 0.25) is 0 Å². The van der Waals surface area contributed by atoms with Crippen molar-refractivity contribution in [1.29, 1.82) is 0 Å². The summed E-state index contributed by atoms with van der Waals surface area (Å²) < 4.78 is 0. The van der Waals surface area contributed by atoms with Crippen molar-refractivity contribution < 1.29 is 4.79 Å². The van der Waals surface area contributed by atoms with E-state index in [0.29, 0.717) is 0 Å². The molecule has 2 heteroatoms. The van der Waals surface area contributed by atoms with Crippen LogP contribution in [0.4, 0.5) is 0 Å². The van der Waals surface area contributed by atoms with Gasteiger partial charge in [-0.25, -0.2) is 0 Å². The van der Waals surface area contributed by atoms with E-state index in [1.807, 2.05) is 38.2 Å².